The second-order valence-corrected chi connectivity index (χ2v) is 8.54. The number of thioether (sulfide) groups is 1. The van der Waals surface area contributed by atoms with Crippen LogP contribution in [0.15, 0.2) is 40.6 Å². The summed E-state index contributed by atoms with van der Waals surface area (Å²) in [4.78, 5) is 51.1. The minimum absolute atomic E-state index is 0.118. The lowest BCUT2D eigenvalue weighted by Crippen LogP contribution is -2.36. The standard InChI is InChI=1S/C20H17ClN2O5S2/c1-2-7-28-19(26)14-9-12(5-6-15(14)21)22-17(24)11-23-18(25)16(30-20(23)27)10-13-4-3-8-29-13/h3-6,8-10H,2,7,11H2,1H3,(H,22,24)/b16-10+. The van der Waals surface area contributed by atoms with Gasteiger partial charge in [-0.05, 0) is 53.9 Å². The maximum Gasteiger partial charge on any atom is 0.339 e. The van der Waals surface area contributed by atoms with Gasteiger partial charge in [0.2, 0.25) is 5.91 Å². The molecule has 0 unspecified atom stereocenters. The first-order valence-corrected chi connectivity index (χ1v) is 11.0. The van der Waals surface area contributed by atoms with E-state index < -0.39 is 29.6 Å². The number of imide groups is 1. The predicted molar refractivity (Wildman–Crippen MR) is 118 cm³/mol. The first kappa shape index (κ1) is 22.1. The lowest BCUT2D eigenvalue weighted by Gasteiger charge is -2.13. The predicted octanol–water partition coefficient (Wildman–Crippen LogP) is 4.64. The summed E-state index contributed by atoms with van der Waals surface area (Å²) in [6, 6.07) is 8.04. The van der Waals surface area contributed by atoms with E-state index >= 15 is 0 Å². The topological polar surface area (TPSA) is 92.8 Å². The zero-order chi connectivity index (χ0) is 21.7. The summed E-state index contributed by atoms with van der Waals surface area (Å²) in [5.74, 6) is -1.69. The number of carbonyl (C=O) groups is 4. The van der Waals surface area contributed by atoms with E-state index in [1.54, 1.807) is 6.08 Å². The first-order chi connectivity index (χ1) is 14.4. The van der Waals surface area contributed by atoms with E-state index in [-0.39, 0.29) is 22.1 Å². The average molecular weight is 465 g/mol. The fourth-order valence-corrected chi connectivity index (χ4v) is 4.27. The van der Waals surface area contributed by atoms with E-state index in [2.05, 4.69) is 5.32 Å². The highest BCUT2D eigenvalue weighted by Gasteiger charge is 2.36. The lowest BCUT2D eigenvalue weighted by atomic mass is 10.2. The molecule has 3 rings (SSSR count). The Bertz CT molecular complexity index is 1020. The molecule has 1 aliphatic heterocycles. The number of benzene rings is 1. The normalized spacial score (nSPS) is 15.0. The van der Waals surface area contributed by atoms with Crippen LogP contribution in [0.1, 0.15) is 28.6 Å². The Labute approximate surface area is 186 Å². The Balaban J connectivity index is 1.66. The minimum atomic E-state index is -0.595. The zero-order valence-electron chi connectivity index (χ0n) is 15.8. The number of hydrogen-bond acceptors (Lipinski definition) is 7. The number of anilines is 1. The van der Waals surface area contributed by atoms with Crippen LogP contribution in [0.4, 0.5) is 10.5 Å². The number of nitrogens with zero attached hydrogens (tertiary/aromatic N) is 1. The van der Waals surface area contributed by atoms with Crippen molar-refractivity contribution in [3.8, 4) is 0 Å². The summed E-state index contributed by atoms with van der Waals surface area (Å²) >= 11 is 8.27. The third kappa shape index (κ3) is 5.29. The van der Waals surface area contributed by atoms with E-state index in [1.807, 2.05) is 24.4 Å². The molecule has 10 heteroatoms. The van der Waals surface area contributed by atoms with Gasteiger partial charge in [0.1, 0.15) is 6.54 Å². The van der Waals surface area contributed by atoms with Crippen molar-refractivity contribution in [3.05, 3.63) is 56.1 Å². The zero-order valence-corrected chi connectivity index (χ0v) is 18.2. The third-order valence-corrected chi connectivity index (χ3v) is 5.96. The van der Waals surface area contributed by atoms with Gasteiger partial charge in [-0.1, -0.05) is 24.6 Å². The van der Waals surface area contributed by atoms with E-state index in [0.29, 0.717) is 12.1 Å². The van der Waals surface area contributed by atoms with Gasteiger partial charge in [0.05, 0.1) is 22.1 Å². The number of thiophene rings is 1. The summed E-state index contributed by atoms with van der Waals surface area (Å²) in [5.41, 5.74) is 0.418. The Morgan fingerprint density at radius 3 is 2.77 bits per heavy atom. The fraction of sp³-hybridized carbons (Fsp3) is 0.200. The Hall–Kier alpha value is -2.62. The quantitative estimate of drug-likeness (QED) is 0.474. The molecule has 7 nitrogen and oxygen atoms in total. The summed E-state index contributed by atoms with van der Waals surface area (Å²) in [6.45, 7) is 1.68. The highest BCUT2D eigenvalue weighted by atomic mass is 35.5. The smallest absolute Gasteiger partial charge is 0.339 e. The van der Waals surface area contributed by atoms with Crippen LogP contribution in [0.5, 0.6) is 0 Å². The van der Waals surface area contributed by atoms with Crippen molar-refractivity contribution in [1.82, 2.24) is 4.90 Å². The van der Waals surface area contributed by atoms with Crippen LogP contribution in [0.3, 0.4) is 0 Å². The van der Waals surface area contributed by atoms with Crippen LogP contribution in [-0.2, 0) is 14.3 Å². The molecule has 0 bridgehead atoms. The van der Waals surface area contributed by atoms with Gasteiger partial charge in [-0.2, -0.15) is 0 Å². The van der Waals surface area contributed by atoms with Crippen molar-refractivity contribution in [1.29, 1.82) is 0 Å². The van der Waals surface area contributed by atoms with Gasteiger partial charge >= 0.3 is 5.97 Å². The number of amides is 3. The molecule has 3 amide bonds. The number of ether oxygens (including phenoxy) is 1. The molecular formula is C20H17ClN2O5S2. The van der Waals surface area contributed by atoms with Crippen molar-refractivity contribution in [3.63, 3.8) is 0 Å². The lowest BCUT2D eigenvalue weighted by molar-refractivity contribution is -0.127. The second-order valence-electron chi connectivity index (χ2n) is 6.16. The molecule has 156 valence electrons. The number of nitrogens with one attached hydrogen (secondary N) is 1. The van der Waals surface area contributed by atoms with Gasteiger partial charge in [-0.25, -0.2) is 4.79 Å². The maximum absolute atomic E-state index is 12.5. The van der Waals surface area contributed by atoms with Crippen molar-refractivity contribution < 1.29 is 23.9 Å². The molecule has 0 radical (unpaired) electrons. The molecule has 2 heterocycles. The highest BCUT2D eigenvalue weighted by Crippen LogP contribution is 2.32. The molecule has 1 aromatic carbocycles. The van der Waals surface area contributed by atoms with Crippen molar-refractivity contribution in [2.45, 2.75) is 13.3 Å². The summed E-state index contributed by atoms with van der Waals surface area (Å²) in [5, 5.41) is 4.11. The Morgan fingerprint density at radius 1 is 1.27 bits per heavy atom. The summed E-state index contributed by atoms with van der Waals surface area (Å²) < 4.78 is 5.07. The van der Waals surface area contributed by atoms with Crippen LogP contribution in [0, 0.1) is 0 Å². The van der Waals surface area contributed by atoms with Gasteiger partial charge < -0.3 is 10.1 Å². The largest absolute Gasteiger partial charge is 0.462 e. The Kier molecular flexibility index (Phi) is 7.30. The molecule has 1 fully saturated rings. The molecule has 2 aromatic rings. The fourth-order valence-electron chi connectivity index (χ4n) is 2.51. The van der Waals surface area contributed by atoms with E-state index in [1.165, 1.54) is 29.5 Å². The number of carbonyl (C=O) groups excluding carboxylic acids is 4. The van der Waals surface area contributed by atoms with E-state index in [4.69, 9.17) is 16.3 Å². The number of hydrogen-bond donors (Lipinski definition) is 1. The highest BCUT2D eigenvalue weighted by molar-refractivity contribution is 8.18. The SMILES string of the molecule is CCCOC(=O)c1cc(NC(=O)CN2C(=O)S/C(=C/c3cccs3)C2=O)ccc1Cl. The molecule has 0 atom stereocenters. The average Bonchev–Trinajstić information content (AvgIpc) is 3.31. The molecule has 30 heavy (non-hydrogen) atoms. The second kappa shape index (κ2) is 9.92. The number of rotatable bonds is 7. The van der Waals surface area contributed by atoms with Crippen LogP contribution >= 0.6 is 34.7 Å². The molecule has 1 N–H and O–H groups in total. The third-order valence-electron chi connectivity index (χ3n) is 3.90. The first-order valence-electron chi connectivity index (χ1n) is 8.94. The molecule has 1 saturated heterocycles. The Morgan fingerprint density at radius 2 is 2.07 bits per heavy atom. The van der Waals surface area contributed by atoms with Crippen molar-refractivity contribution >= 4 is 69.5 Å². The molecule has 0 saturated carbocycles. The van der Waals surface area contributed by atoms with Gasteiger partial charge in [0.15, 0.2) is 0 Å². The van der Waals surface area contributed by atoms with Gasteiger partial charge in [-0.15, -0.1) is 11.3 Å². The molecule has 0 spiro atoms. The monoisotopic (exact) mass is 464 g/mol. The maximum atomic E-state index is 12.5. The van der Waals surface area contributed by atoms with Crippen LogP contribution < -0.4 is 5.32 Å². The molecule has 1 aromatic heterocycles. The van der Waals surface area contributed by atoms with Crippen LogP contribution in [0.25, 0.3) is 6.08 Å². The molecule has 0 aliphatic carbocycles. The van der Waals surface area contributed by atoms with Gasteiger partial charge in [-0.3, -0.25) is 19.3 Å². The van der Waals surface area contributed by atoms with Crippen molar-refractivity contribution in [2.75, 3.05) is 18.5 Å². The van der Waals surface area contributed by atoms with E-state index in [9.17, 15) is 19.2 Å². The number of esters is 1. The van der Waals surface area contributed by atoms with Crippen LogP contribution in [-0.4, -0.2) is 41.1 Å². The number of halogens is 1. The van der Waals surface area contributed by atoms with Crippen molar-refractivity contribution in [2.24, 2.45) is 0 Å². The molecular weight excluding hydrogens is 448 g/mol. The van der Waals surface area contributed by atoms with Gasteiger partial charge in [0.25, 0.3) is 11.1 Å². The minimum Gasteiger partial charge on any atom is -0.462 e. The van der Waals surface area contributed by atoms with E-state index in [0.717, 1.165) is 21.5 Å². The van der Waals surface area contributed by atoms with Crippen LogP contribution in [0.2, 0.25) is 5.02 Å². The molecule has 1 aliphatic rings. The van der Waals surface area contributed by atoms with Gasteiger partial charge in [0, 0.05) is 10.6 Å². The summed E-state index contributed by atoms with van der Waals surface area (Å²) in [7, 11) is 0. The summed E-state index contributed by atoms with van der Waals surface area (Å²) in [6.07, 6.45) is 2.29.